The van der Waals surface area contributed by atoms with E-state index in [1.54, 1.807) is 24.3 Å². The lowest BCUT2D eigenvalue weighted by Gasteiger charge is -2.24. The molecule has 0 aliphatic heterocycles. The first-order valence-electron chi connectivity index (χ1n) is 10.9. The van der Waals surface area contributed by atoms with Crippen molar-refractivity contribution < 1.29 is 31.8 Å². The van der Waals surface area contributed by atoms with Gasteiger partial charge in [-0.1, -0.05) is 60.7 Å². The molecule has 0 fully saturated rings. The van der Waals surface area contributed by atoms with Gasteiger partial charge in [-0.2, -0.15) is 0 Å². The van der Waals surface area contributed by atoms with Crippen LogP contribution in [0.25, 0.3) is 11.3 Å². The number of nitrogens with zero attached hydrogens (tertiary/aromatic N) is 1. The monoisotopic (exact) mass is 527 g/mol. The molecule has 1 aliphatic carbocycles. The zero-order valence-corrected chi connectivity index (χ0v) is 20.2. The molecule has 36 heavy (non-hydrogen) atoms. The fraction of sp³-hybridized carbons (Fsp3) is 0.154. The summed E-state index contributed by atoms with van der Waals surface area (Å²) in [5, 5.41) is 7.39. The number of carbonyl (C=O) groups is 1. The van der Waals surface area contributed by atoms with Gasteiger partial charge in [-0.3, -0.25) is 0 Å². The summed E-state index contributed by atoms with van der Waals surface area (Å²) in [4.78, 5) is 16.1. The number of benzene rings is 3. The van der Waals surface area contributed by atoms with E-state index in [0.29, 0.717) is 21.7 Å². The highest BCUT2D eigenvalue weighted by Gasteiger charge is 2.39. The van der Waals surface area contributed by atoms with Crippen LogP contribution in [-0.4, -0.2) is 31.1 Å². The molecule has 0 saturated carbocycles. The Kier molecular flexibility index (Phi) is 6.42. The Bertz CT molecular complexity index is 1520. The van der Waals surface area contributed by atoms with Gasteiger partial charge in [0.25, 0.3) is 0 Å². The predicted octanol–water partition coefficient (Wildman–Crippen LogP) is 5.35. The Morgan fingerprint density at radius 1 is 1.00 bits per heavy atom. The molecule has 1 aliphatic rings. The summed E-state index contributed by atoms with van der Waals surface area (Å²) >= 11 is 0.902. The van der Waals surface area contributed by atoms with Gasteiger partial charge in [-0.15, -0.1) is 11.3 Å². The largest absolute Gasteiger partial charge is 0.480 e. The van der Waals surface area contributed by atoms with Crippen molar-refractivity contribution in [1.29, 1.82) is 0 Å². The van der Waals surface area contributed by atoms with Crippen LogP contribution in [-0.2, 0) is 25.8 Å². The lowest BCUT2D eigenvalue weighted by Crippen LogP contribution is -2.18. The van der Waals surface area contributed by atoms with Gasteiger partial charge in [-0.25, -0.2) is 27.0 Å². The Morgan fingerprint density at radius 2 is 1.58 bits per heavy atom. The number of carboxylic acids is 1. The zero-order valence-electron chi connectivity index (χ0n) is 18.6. The second-order valence-corrected chi connectivity index (χ2v) is 11.5. The highest BCUT2D eigenvalue weighted by molar-refractivity contribution is 7.93. The van der Waals surface area contributed by atoms with Crippen LogP contribution in [0.3, 0.4) is 0 Å². The van der Waals surface area contributed by atoms with Crippen molar-refractivity contribution in [2.75, 3.05) is 6.61 Å². The Labute approximate surface area is 209 Å². The Balaban J connectivity index is 1.64. The second-order valence-electron chi connectivity index (χ2n) is 8.20. The minimum absolute atomic E-state index is 0.182. The molecule has 1 unspecified atom stereocenters. The number of thiazole rings is 1. The minimum Gasteiger partial charge on any atom is -0.480 e. The molecule has 10 heteroatoms. The first-order valence-corrected chi connectivity index (χ1v) is 13.3. The van der Waals surface area contributed by atoms with Gasteiger partial charge in [0.2, 0.25) is 14.2 Å². The number of sulfone groups is 1. The minimum atomic E-state index is -4.40. The molecule has 6 nitrogen and oxygen atoms in total. The van der Waals surface area contributed by atoms with E-state index >= 15 is 0 Å². The van der Waals surface area contributed by atoms with E-state index in [2.05, 4.69) is 4.98 Å². The van der Waals surface area contributed by atoms with Crippen LogP contribution in [0.2, 0.25) is 0 Å². The highest BCUT2D eigenvalue weighted by Crippen LogP contribution is 2.46. The molecule has 0 amide bonds. The van der Waals surface area contributed by atoms with Crippen molar-refractivity contribution in [3.05, 3.63) is 106 Å². The number of hydrogen-bond donors (Lipinski definition) is 1. The quantitative estimate of drug-likeness (QED) is 0.348. The summed E-state index contributed by atoms with van der Waals surface area (Å²) in [7, 11) is -4.40. The van der Waals surface area contributed by atoms with Crippen LogP contribution in [0.1, 0.15) is 32.9 Å². The van der Waals surface area contributed by atoms with Crippen LogP contribution in [0.15, 0.2) is 77.1 Å². The number of hydrogen-bond acceptors (Lipinski definition) is 6. The predicted molar refractivity (Wildman–Crippen MR) is 129 cm³/mol. The number of aliphatic carboxylic acids is 1. The van der Waals surface area contributed by atoms with Crippen molar-refractivity contribution in [2.24, 2.45) is 0 Å². The highest BCUT2D eigenvalue weighted by atomic mass is 32.2. The smallest absolute Gasteiger partial charge is 0.329 e. The topological polar surface area (TPSA) is 93.6 Å². The van der Waals surface area contributed by atoms with Crippen LogP contribution in [0.4, 0.5) is 8.78 Å². The summed E-state index contributed by atoms with van der Waals surface area (Å²) in [5.74, 6) is -2.67. The van der Waals surface area contributed by atoms with E-state index in [0.717, 1.165) is 23.5 Å². The van der Waals surface area contributed by atoms with Gasteiger partial charge in [-0.05, 0) is 17.7 Å². The van der Waals surface area contributed by atoms with E-state index in [1.165, 1.54) is 36.4 Å². The average Bonchev–Trinajstić information content (AvgIpc) is 3.30. The first kappa shape index (κ1) is 24.2. The van der Waals surface area contributed by atoms with E-state index in [-0.39, 0.29) is 21.9 Å². The number of rotatable bonds is 7. The van der Waals surface area contributed by atoms with Gasteiger partial charge in [0.05, 0.1) is 11.8 Å². The molecule has 4 aromatic rings. The molecule has 0 spiro atoms. The maximum Gasteiger partial charge on any atom is 0.329 e. The summed E-state index contributed by atoms with van der Waals surface area (Å²) in [6.07, 6.45) is -0.383. The molecular weight excluding hydrogens is 508 g/mol. The third-order valence-corrected chi connectivity index (χ3v) is 9.47. The van der Waals surface area contributed by atoms with E-state index in [4.69, 9.17) is 9.84 Å². The molecule has 1 heterocycles. The summed E-state index contributed by atoms with van der Waals surface area (Å²) in [5.41, 5.74) is 1.39. The zero-order chi connectivity index (χ0) is 25.4. The number of fused-ring (bicyclic) bond motifs is 3. The van der Waals surface area contributed by atoms with Gasteiger partial charge in [0, 0.05) is 28.0 Å². The summed E-state index contributed by atoms with van der Waals surface area (Å²) < 4.78 is 63.0. The average molecular weight is 528 g/mol. The van der Waals surface area contributed by atoms with Gasteiger partial charge in [0.15, 0.2) is 0 Å². The first-order chi connectivity index (χ1) is 17.3. The third-order valence-electron chi connectivity index (χ3n) is 5.95. The van der Waals surface area contributed by atoms with Crippen molar-refractivity contribution in [1.82, 2.24) is 4.98 Å². The maximum absolute atomic E-state index is 14.9. The molecule has 0 radical (unpaired) electrons. The molecule has 3 aromatic carbocycles. The van der Waals surface area contributed by atoms with Crippen molar-refractivity contribution >= 4 is 27.1 Å². The van der Waals surface area contributed by atoms with Gasteiger partial charge >= 0.3 is 5.97 Å². The summed E-state index contributed by atoms with van der Waals surface area (Å²) in [6.45, 7) is -0.513. The lowest BCUT2D eigenvalue weighted by molar-refractivity contribution is -0.144. The van der Waals surface area contributed by atoms with Gasteiger partial charge in [0.1, 0.15) is 23.5 Å². The van der Waals surface area contributed by atoms with Crippen molar-refractivity contribution in [2.45, 2.75) is 22.1 Å². The number of aromatic nitrogens is 1. The van der Waals surface area contributed by atoms with Crippen LogP contribution >= 0.6 is 11.3 Å². The van der Waals surface area contributed by atoms with Crippen molar-refractivity contribution in [3.8, 4) is 11.3 Å². The third kappa shape index (κ3) is 4.32. The maximum atomic E-state index is 14.9. The molecule has 1 atom stereocenters. The number of ether oxygens (including phenoxy) is 1. The summed E-state index contributed by atoms with van der Waals surface area (Å²) in [6, 6.07) is 17.8. The van der Waals surface area contributed by atoms with Crippen LogP contribution in [0, 0.1) is 11.6 Å². The van der Waals surface area contributed by atoms with E-state index in [1.807, 2.05) is 0 Å². The standard InChI is InChI=1S/C26H19F2NO5S2/c27-19-11-5-3-9-17(19)25(18-10-4-6-12-20(18)28)36(32,33)26-29-24-16-8-2-1-7-15(16)21(13-22(24)35-26)34-14-23(30)31/h1-12,21,25H,13-14H2,(H,30,31). The Morgan fingerprint density at radius 3 is 2.19 bits per heavy atom. The van der Waals surface area contributed by atoms with E-state index in [9.17, 15) is 22.0 Å². The number of halogens is 2. The molecule has 1 aromatic heterocycles. The fourth-order valence-electron chi connectivity index (χ4n) is 4.37. The van der Waals surface area contributed by atoms with E-state index < -0.39 is 45.4 Å². The molecule has 0 saturated heterocycles. The molecule has 5 rings (SSSR count). The second kappa shape index (κ2) is 9.53. The van der Waals surface area contributed by atoms with Crippen LogP contribution in [0.5, 0.6) is 0 Å². The normalized spacial score (nSPS) is 14.9. The molecule has 1 N–H and O–H groups in total. The SMILES string of the molecule is O=C(O)COC1Cc2sc(S(=O)(=O)C(c3ccccc3F)c3ccccc3F)nc2-c2ccccc21. The Hall–Kier alpha value is -3.47. The van der Waals surface area contributed by atoms with Crippen LogP contribution < -0.4 is 0 Å². The fourth-order valence-corrected chi connectivity index (χ4v) is 7.73. The molecule has 184 valence electrons. The van der Waals surface area contributed by atoms with Crippen molar-refractivity contribution in [3.63, 3.8) is 0 Å². The molecule has 0 bridgehead atoms. The number of carboxylic acid groups (broad SMARTS) is 1. The molecular formula is C26H19F2NO5S2. The lowest BCUT2D eigenvalue weighted by atomic mass is 9.91. The van der Waals surface area contributed by atoms with Gasteiger partial charge < -0.3 is 9.84 Å².